The summed E-state index contributed by atoms with van der Waals surface area (Å²) in [4.78, 5) is 0. The molecule has 0 aliphatic carbocycles. The molecule has 0 aromatic rings. The third-order valence-corrected chi connectivity index (χ3v) is 7.95. The third-order valence-electron chi connectivity index (χ3n) is 2.92. The third kappa shape index (κ3) is 6.24. The van der Waals surface area contributed by atoms with Gasteiger partial charge in [0.2, 0.25) is 0 Å². The SMILES string of the molecule is C[C@@H](C=C(Br)Br)CO[Si](C)(C)C(C)(C)C. The smallest absolute Gasteiger partial charge is 0.192 e. The van der Waals surface area contributed by atoms with Crippen LogP contribution in [0.1, 0.15) is 27.7 Å². The fourth-order valence-corrected chi connectivity index (χ4v) is 2.83. The summed E-state index contributed by atoms with van der Waals surface area (Å²) in [5.41, 5.74) is 0. The Labute approximate surface area is 112 Å². The van der Waals surface area contributed by atoms with Crippen LogP contribution in [0.4, 0.5) is 0 Å². The van der Waals surface area contributed by atoms with Crippen LogP contribution >= 0.6 is 31.9 Å². The Bertz CT molecular complexity index is 227. The van der Waals surface area contributed by atoms with Crippen molar-refractivity contribution in [2.45, 2.75) is 45.8 Å². The molecule has 1 atom stereocenters. The topological polar surface area (TPSA) is 9.23 Å². The van der Waals surface area contributed by atoms with Crippen molar-refractivity contribution < 1.29 is 4.43 Å². The highest BCUT2D eigenvalue weighted by atomic mass is 79.9. The van der Waals surface area contributed by atoms with Gasteiger partial charge in [-0.25, -0.2) is 0 Å². The van der Waals surface area contributed by atoms with E-state index in [-0.39, 0.29) is 0 Å². The lowest BCUT2D eigenvalue weighted by Crippen LogP contribution is -2.41. The average Bonchev–Trinajstić information content (AvgIpc) is 1.97. The van der Waals surface area contributed by atoms with Gasteiger partial charge >= 0.3 is 0 Å². The summed E-state index contributed by atoms with van der Waals surface area (Å²) in [5, 5.41) is 0.294. The second-order valence-electron chi connectivity index (χ2n) is 5.50. The lowest BCUT2D eigenvalue weighted by atomic mass is 10.2. The van der Waals surface area contributed by atoms with Gasteiger partial charge in [0.05, 0.1) is 3.39 Å². The number of hydrogen-bond donors (Lipinski definition) is 0. The van der Waals surface area contributed by atoms with Gasteiger partial charge in [0.15, 0.2) is 8.32 Å². The number of hydrogen-bond acceptors (Lipinski definition) is 1. The van der Waals surface area contributed by atoms with Crippen LogP contribution in [0.25, 0.3) is 0 Å². The maximum atomic E-state index is 6.11. The zero-order valence-electron chi connectivity index (χ0n) is 10.5. The highest BCUT2D eigenvalue weighted by Gasteiger charge is 2.37. The van der Waals surface area contributed by atoms with Crippen LogP contribution in [0.5, 0.6) is 0 Å². The van der Waals surface area contributed by atoms with Crippen molar-refractivity contribution in [2.75, 3.05) is 6.61 Å². The van der Waals surface area contributed by atoms with Gasteiger partial charge in [-0.15, -0.1) is 0 Å². The molecule has 0 rings (SSSR count). The normalized spacial score (nSPS) is 14.9. The van der Waals surface area contributed by atoms with E-state index in [0.29, 0.717) is 11.0 Å². The maximum Gasteiger partial charge on any atom is 0.192 e. The average molecular weight is 358 g/mol. The second kappa shape index (κ2) is 5.99. The first-order valence-corrected chi connectivity index (χ1v) is 9.72. The Morgan fingerprint density at radius 1 is 1.33 bits per heavy atom. The molecule has 0 N–H and O–H groups in total. The molecule has 0 heterocycles. The maximum absolute atomic E-state index is 6.11. The molecule has 0 amide bonds. The van der Waals surface area contributed by atoms with Gasteiger partial charge in [0.1, 0.15) is 0 Å². The fourth-order valence-electron chi connectivity index (χ4n) is 0.819. The Morgan fingerprint density at radius 2 is 1.80 bits per heavy atom. The van der Waals surface area contributed by atoms with Crippen molar-refractivity contribution in [2.24, 2.45) is 5.92 Å². The second-order valence-corrected chi connectivity index (χ2v) is 13.1. The molecule has 0 saturated heterocycles. The highest BCUT2D eigenvalue weighted by Crippen LogP contribution is 2.36. The monoisotopic (exact) mass is 356 g/mol. The standard InChI is InChI=1S/C11H22Br2OSi/c1-9(7-10(12)13)8-14-15(5,6)11(2,3)4/h7,9H,8H2,1-6H3/t9-/m0/s1. The predicted molar refractivity (Wildman–Crippen MR) is 78.3 cm³/mol. The summed E-state index contributed by atoms with van der Waals surface area (Å²) in [6, 6.07) is 0. The summed E-state index contributed by atoms with van der Waals surface area (Å²) in [7, 11) is -1.58. The molecule has 0 spiro atoms. The van der Waals surface area contributed by atoms with Gasteiger partial charge < -0.3 is 4.43 Å². The molecular weight excluding hydrogens is 336 g/mol. The Kier molecular flexibility index (Phi) is 6.34. The number of halogens is 2. The van der Waals surface area contributed by atoms with E-state index in [1.807, 2.05) is 0 Å². The minimum absolute atomic E-state index is 0.294. The molecule has 90 valence electrons. The van der Waals surface area contributed by atoms with E-state index in [9.17, 15) is 0 Å². The molecule has 0 saturated carbocycles. The molecule has 0 bridgehead atoms. The Balaban J connectivity index is 4.22. The van der Waals surface area contributed by atoms with Gasteiger partial charge in [-0.2, -0.15) is 0 Å². The minimum atomic E-state index is -1.58. The molecule has 0 aliphatic rings. The minimum Gasteiger partial charge on any atom is -0.416 e. The largest absolute Gasteiger partial charge is 0.416 e. The van der Waals surface area contributed by atoms with Gasteiger partial charge in [0.25, 0.3) is 0 Å². The van der Waals surface area contributed by atoms with Crippen LogP contribution in [0.2, 0.25) is 18.1 Å². The van der Waals surface area contributed by atoms with Crippen LogP contribution in [0, 0.1) is 5.92 Å². The Hall–Kier alpha value is 0.877. The van der Waals surface area contributed by atoms with E-state index in [1.165, 1.54) is 0 Å². The summed E-state index contributed by atoms with van der Waals surface area (Å²) >= 11 is 6.74. The molecule has 0 aromatic heterocycles. The van der Waals surface area contributed by atoms with Gasteiger partial charge in [0, 0.05) is 6.61 Å². The van der Waals surface area contributed by atoms with E-state index >= 15 is 0 Å². The van der Waals surface area contributed by atoms with E-state index in [1.54, 1.807) is 0 Å². The van der Waals surface area contributed by atoms with Crippen molar-refractivity contribution in [3.63, 3.8) is 0 Å². The van der Waals surface area contributed by atoms with Gasteiger partial charge in [-0.1, -0.05) is 33.8 Å². The first-order chi connectivity index (χ1) is 6.56. The lowest BCUT2D eigenvalue weighted by Gasteiger charge is -2.36. The van der Waals surface area contributed by atoms with Gasteiger partial charge in [-0.3, -0.25) is 0 Å². The first-order valence-electron chi connectivity index (χ1n) is 5.23. The molecule has 15 heavy (non-hydrogen) atoms. The summed E-state index contributed by atoms with van der Waals surface area (Å²) in [5.74, 6) is 0.438. The van der Waals surface area contributed by atoms with Crippen molar-refractivity contribution in [3.8, 4) is 0 Å². The Morgan fingerprint density at radius 3 is 2.13 bits per heavy atom. The summed E-state index contributed by atoms with van der Waals surface area (Å²) in [6.07, 6.45) is 2.12. The molecule has 0 aliphatic heterocycles. The molecule has 0 aromatic carbocycles. The fraction of sp³-hybridized carbons (Fsp3) is 0.818. The van der Waals surface area contributed by atoms with Crippen molar-refractivity contribution >= 4 is 40.2 Å². The van der Waals surface area contributed by atoms with E-state index in [0.717, 1.165) is 10.00 Å². The van der Waals surface area contributed by atoms with Crippen LogP contribution in [0.3, 0.4) is 0 Å². The molecule has 0 fully saturated rings. The molecule has 4 heteroatoms. The molecule has 1 nitrogen and oxygen atoms in total. The van der Waals surface area contributed by atoms with Crippen molar-refractivity contribution in [3.05, 3.63) is 9.47 Å². The van der Waals surface area contributed by atoms with Crippen molar-refractivity contribution in [1.29, 1.82) is 0 Å². The van der Waals surface area contributed by atoms with Crippen LogP contribution in [0.15, 0.2) is 9.47 Å². The summed E-state index contributed by atoms with van der Waals surface area (Å²) in [6.45, 7) is 14.3. The van der Waals surface area contributed by atoms with Crippen LogP contribution in [-0.2, 0) is 4.43 Å². The molecular formula is C11H22Br2OSi. The van der Waals surface area contributed by atoms with Crippen molar-refractivity contribution in [1.82, 2.24) is 0 Å². The molecule has 0 unspecified atom stereocenters. The zero-order valence-corrected chi connectivity index (χ0v) is 14.7. The highest BCUT2D eigenvalue weighted by molar-refractivity contribution is 9.28. The first kappa shape index (κ1) is 15.9. The quantitative estimate of drug-likeness (QED) is 0.622. The van der Waals surface area contributed by atoms with Crippen LogP contribution in [-0.4, -0.2) is 14.9 Å². The van der Waals surface area contributed by atoms with E-state index < -0.39 is 8.32 Å². The van der Waals surface area contributed by atoms with E-state index in [2.05, 4.69) is 78.7 Å². The van der Waals surface area contributed by atoms with Gasteiger partial charge in [-0.05, 0) is 55.9 Å². The van der Waals surface area contributed by atoms with E-state index in [4.69, 9.17) is 4.43 Å². The summed E-state index contributed by atoms with van der Waals surface area (Å²) < 4.78 is 7.11. The zero-order chi connectivity index (χ0) is 12.3. The lowest BCUT2D eigenvalue weighted by molar-refractivity contribution is 0.259. The van der Waals surface area contributed by atoms with Crippen LogP contribution < -0.4 is 0 Å². The number of rotatable bonds is 4. The predicted octanol–water partition coefficient (Wildman–Crippen LogP) is 5.28. The molecule has 0 radical (unpaired) electrons.